The van der Waals surface area contributed by atoms with E-state index in [4.69, 9.17) is 18.9 Å². The summed E-state index contributed by atoms with van der Waals surface area (Å²) in [7, 11) is 2.97. The number of methoxy groups -OCH3 is 2. The van der Waals surface area contributed by atoms with Gasteiger partial charge in [0.2, 0.25) is 0 Å². The normalized spacial score (nSPS) is 20.7. The maximum absolute atomic E-state index is 12.3. The average molecular weight is 344 g/mol. The van der Waals surface area contributed by atoms with Crippen LogP contribution in [0.3, 0.4) is 0 Å². The second kappa shape index (κ2) is 5.27. The quantitative estimate of drug-likeness (QED) is 0.676. The molecule has 0 aromatic heterocycles. The number of carbonyl (C=O) groups excluding carboxylic acids is 2. The summed E-state index contributed by atoms with van der Waals surface area (Å²) in [5, 5.41) is 11.7. The molecule has 0 amide bonds. The Labute approximate surface area is 143 Å². The molecule has 2 heterocycles. The van der Waals surface area contributed by atoms with E-state index in [1.165, 1.54) is 21.1 Å². The van der Waals surface area contributed by atoms with Crippen LogP contribution in [0.25, 0.3) is 10.8 Å². The van der Waals surface area contributed by atoms with Gasteiger partial charge >= 0.3 is 5.97 Å². The zero-order chi connectivity index (χ0) is 17.9. The molecule has 7 nitrogen and oxygen atoms in total. The van der Waals surface area contributed by atoms with Crippen molar-refractivity contribution in [1.29, 1.82) is 0 Å². The third-order valence-electron chi connectivity index (χ3n) is 4.65. The molecule has 2 aliphatic rings. The van der Waals surface area contributed by atoms with Crippen molar-refractivity contribution >= 4 is 22.5 Å². The van der Waals surface area contributed by atoms with E-state index in [0.29, 0.717) is 33.6 Å². The van der Waals surface area contributed by atoms with Crippen molar-refractivity contribution in [2.24, 2.45) is 0 Å². The Morgan fingerprint density at radius 3 is 2.40 bits per heavy atom. The van der Waals surface area contributed by atoms with Crippen LogP contribution in [0.4, 0.5) is 0 Å². The highest BCUT2D eigenvalue weighted by atomic mass is 16.6. The van der Waals surface area contributed by atoms with Gasteiger partial charge in [-0.05, 0) is 19.1 Å². The van der Waals surface area contributed by atoms with Gasteiger partial charge in [0, 0.05) is 0 Å². The molecule has 0 aliphatic carbocycles. The van der Waals surface area contributed by atoms with Crippen LogP contribution in [0, 0.1) is 0 Å². The smallest absolute Gasteiger partial charge is 0.310 e. The van der Waals surface area contributed by atoms with E-state index in [0.717, 1.165) is 0 Å². The number of ketones is 1. The van der Waals surface area contributed by atoms with Crippen LogP contribution in [-0.4, -0.2) is 37.2 Å². The summed E-state index contributed by atoms with van der Waals surface area (Å²) in [5.74, 6) is 0.250. The largest absolute Gasteiger partial charge is 0.506 e. The Morgan fingerprint density at radius 2 is 1.80 bits per heavy atom. The lowest BCUT2D eigenvalue weighted by Crippen LogP contribution is -2.12. The van der Waals surface area contributed by atoms with Crippen LogP contribution < -0.4 is 14.2 Å². The number of fused-ring (bicyclic) bond motifs is 5. The van der Waals surface area contributed by atoms with Gasteiger partial charge in [-0.15, -0.1) is 0 Å². The van der Waals surface area contributed by atoms with Crippen molar-refractivity contribution < 1.29 is 33.6 Å². The molecule has 2 aliphatic heterocycles. The minimum absolute atomic E-state index is 0.0799. The van der Waals surface area contributed by atoms with Gasteiger partial charge in [0.1, 0.15) is 23.0 Å². The van der Waals surface area contributed by atoms with Gasteiger partial charge in [-0.3, -0.25) is 9.59 Å². The molecular weight excluding hydrogens is 328 g/mol. The van der Waals surface area contributed by atoms with Crippen LogP contribution in [0.1, 0.15) is 35.4 Å². The first-order chi connectivity index (χ1) is 12.0. The Morgan fingerprint density at radius 1 is 1.16 bits per heavy atom. The van der Waals surface area contributed by atoms with Crippen molar-refractivity contribution in [2.75, 3.05) is 14.2 Å². The van der Waals surface area contributed by atoms with Gasteiger partial charge in [0.15, 0.2) is 18.0 Å². The molecule has 0 bridgehead atoms. The highest BCUT2D eigenvalue weighted by Crippen LogP contribution is 2.56. The number of phenolic OH excluding ortho intramolecular Hbond substituents is 1. The first-order valence-corrected chi connectivity index (χ1v) is 7.78. The van der Waals surface area contributed by atoms with Gasteiger partial charge in [-0.2, -0.15) is 0 Å². The number of hydrogen-bond acceptors (Lipinski definition) is 7. The van der Waals surface area contributed by atoms with Crippen molar-refractivity contribution in [3.63, 3.8) is 0 Å². The van der Waals surface area contributed by atoms with Gasteiger partial charge in [-0.1, -0.05) is 0 Å². The number of carbonyl (C=O) groups is 2. The van der Waals surface area contributed by atoms with Crippen molar-refractivity contribution in [2.45, 2.75) is 25.6 Å². The second-order valence-corrected chi connectivity index (χ2v) is 6.01. The Balaban J connectivity index is 2.16. The second-order valence-electron chi connectivity index (χ2n) is 6.01. The van der Waals surface area contributed by atoms with Crippen molar-refractivity contribution in [3.8, 4) is 23.0 Å². The highest BCUT2D eigenvalue weighted by molar-refractivity contribution is 6.12. The number of esters is 1. The van der Waals surface area contributed by atoms with Crippen LogP contribution in [-0.2, 0) is 9.53 Å². The topological polar surface area (TPSA) is 91.3 Å². The standard InChI is InChI=1S/C18H16O7/c1-7(19)12-15-17-10(6-11(20)25-17)24-18(15)14-9(23-3)5-4-8(22-2)13(14)16(12)21/h4-5,10,17,21H,6H2,1-3H3/t10-,17+/m0/s1. The fourth-order valence-corrected chi connectivity index (χ4v) is 3.65. The highest BCUT2D eigenvalue weighted by Gasteiger charge is 2.48. The molecular formula is C18H16O7. The Hall–Kier alpha value is -2.96. The van der Waals surface area contributed by atoms with E-state index in [-0.39, 0.29) is 23.5 Å². The van der Waals surface area contributed by atoms with E-state index < -0.39 is 18.2 Å². The van der Waals surface area contributed by atoms with Gasteiger partial charge < -0.3 is 24.1 Å². The molecule has 0 saturated carbocycles. The number of ether oxygens (including phenoxy) is 4. The third kappa shape index (κ3) is 1.98. The minimum atomic E-state index is -0.715. The fourth-order valence-electron chi connectivity index (χ4n) is 3.65. The van der Waals surface area contributed by atoms with E-state index in [9.17, 15) is 14.7 Å². The summed E-state index contributed by atoms with van der Waals surface area (Å²) >= 11 is 0. The molecule has 0 unspecified atom stereocenters. The van der Waals surface area contributed by atoms with Crippen LogP contribution in [0.5, 0.6) is 23.0 Å². The summed E-state index contributed by atoms with van der Waals surface area (Å²) in [5.41, 5.74) is 0.469. The van der Waals surface area contributed by atoms with Gasteiger partial charge in [-0.25, -0.2) is 0 Å². The number of hydrogen-bond donors (Lipinski definition) is 1. The lowest BCUT2D eigenvalue weighted by molar-refractivity contribution is -0.141. The minimum Gasteiger partial charge on any atom is -0.506 e. The molecule has 4 rings (SSSR count). The molecule has 1 N–H and O–H groups in total. The monoisotopic (exact) mass is 344 g/mol. The maximum Gasteiger partial charge on any atom is 0.310 e. The molecule has 130 valence electrons. The lowest BCUT2D eigenvalue weighted by atomic mass is 9.92. The molecule has 2 atom stereocenters. The SMILES string of the molecule is COc1ccc(OC)c2c3c(c(C(C)=O)c(O)c12)[C@@H]1OC(=O)C[C@@H]1O3. The molecule has 2 aromatic carbocycles. The molecule has 25 heavy (non-hydrogen) atoms. The number of Topliss-reactive ketones (excluding diaryl/α,β-unsaturated/α-hetero) is 1. The van der Waals surface area contributed by atoms with Crippen molar-refractivity contribution in [1.82, 2.24) is 0 Å². The summed E-state index contributed by atoms with van der Waals surface area (Å²) < 4.78 is 22.1. The van der Waals surface area contributed by atoms with Gasteiger partial charge in [0.05, 0.1) is 42.5 Å². The Kier molecular flexibility index (Phi) is 3.28. The van der Waals surface area contributed by atoms with Crippen molar-refractivity contribution in [3.05, 3.63) is 23.3 Å². The zero-order valence-corrected chi connectivity index (χ0v) is 13.9. The first-order valence-electron chi connectivity index (χ1n) is 7.78. The zero-order valence-electron chi connectivity index (χ0n) is 13.9. The number of rotatable bonds is 3. The summed E-state index contributed by atoms with van der Waals surface area (Å²) in [6.07, 6.45) is -1.15. The average Bonchev–Trinajstić information content (AvgIpc) is 3.10. The molecule has 0 radical (unpaired) electrons. The lowest BCUT2D eigenvalue weighted by Gasteiger charge is -2.18. The van der Waals surface area contributed by atoms with Crippen LogP contribution >= 0.6 is 0 Å². The molecule has 7 heteroatoms. The molecule has 1 saturated heterocycles. The van der Waals surface area contributed by atoms with Crippen LogP contribution in [0.15, 0.2) is 12.1 Å². The van der Waals surface area contributed by atoms with E-state index in [1.807, 2.05) is 0 Å². The number of benzene rings is 2. The van der Waals surface area contributed by atoms with E-state index in [2.05, 4.69) is 0 Å². The predicted octanol–water partition coefficient (Wildman–Crippen LogP) is 2.51. The molecule has 2 aromatic rings. The third-order valence-corrected chi connectivity index (χ3v) is 4.65. The van der Waals surface area contributed by atoms with Gasteiger partial charge in [0.25, 0.3) is 0 Å². The predicted molar refractivity (Wildman–Crippen MR) is 86.6 cm³/mol. The summed E-state index contributed by atoms with van der Waals surface area (Å²) in [6.45, 7) is 1.35. The van der Waals surface area contributed by atoms with Crippen LogP contribution in [0.2, 0.25) is 0 Å². The fraction of sp³-hybridized carbons (Fsp3) is 0.333. The summed E-state index contributed by atoms with van der Waals surface area (Å²) in [4.78, 5) is 23.9. The number of aromatic hydroxyl groups is 1. The maximum atomic E-state index is 12.3. The Bertz CT molecular complexity index is 931. The molecule has 0 spiro atoms. The molecule has 1 fully saturated rings. The van der Waals surface area contributed by atoms with E-state index in [1.54, 1.807) is 12.1 Å². The number of phenols is 1. The van der Waals surface area contributed by atoms with E-state index >= 15 is 0 Å². The first kappa shape index (κ1) is 15.6. The summed E-state index contributed by atoms with van der Waals surface area (Å²) in [6, 6.07) is 3.34.